The number of fused-ring (bicyclic) bond motifs is 1. The minimum Gasteiger partial charge on any atom is -0.367 e. The van der Waals surface area contributed by atoms with Crippen LogP contribution >= 0.6 is 0 Å². The van der Waals surface area contributed by atoms with Gasteiger partial charge in [0.25, 0.3) is 0 Å². The van der Waals surface area contributed by atoms with Gasteiger partial charge in [-0.2, -0.15) is 0 Å². The summed E-state index contributed by atoms with van der Waals surface area (Å²) >= 11 is 0. The van der Waals surface area contributed by atoms with Crippen LogP contribution in [0, 0.1) is 25.6 Å². The normalized spacial score (nSPS) is 18.0. The molecule has 1 N–H and O–H groups in total. The maximum Gasteiger partial charge on any atom is 0.248 e. The third-order valence-electron chi connectivity index (χ3n) is 6.28. The minimum atomic E-state index is -2.60. The molecule has 3 nitrogen and oxygen atoms in total. The van der Waals surface area contributed by atoms with Crippen molar-refractivity contribution in [1.82, 2.24) is 0 Å². The number of alkyl halides is 2. The first-order valence-corrected chi connectivity index (χ1v) is 10.5. The van der Waals surface area contributed by atoms with Gasteiger partial charge in [-0.15, -0.1) is 0 Å². The van der Waals surface area contributed by atoms with Crippen LogP contribution in [0.15, 0.2) is 30.3 Å². The molecule has 0 bridgehead atoms. The van der Waals surface area contributed by atoms with E-state index in [2.05, 4.69) is 16.3 Å². The van der Waals surface area contributed by atoms with Crippen LogP contribution in [0.25, 0.3) is 0 Å². The molecule has 2 aromatic rings. The van der Waals surface area contributed by atoms with Gasteiger partial charge in [-0.3, -0.25) is 4.79 Å². The SMILES string of the molecule is Cc1cc2c(c(C)c1NC(=O)CC1CC(F)(F)C1)CCCN2Cc1ccc(F)cc1. The average molecular weight is 416 g/mol. The Hall–Kier alpha value is -2.50. The van der Waals surface area contributed by atoms with Crippen LogP contribution in [0.2, 0.25) is 0 Å². The number of rotatable bonds is 5. The van der Waals surface area contributed by atoms with Gasteiger partial charge in [-0.1, -0.05) is 12.1 Å². The van der Waals surface area contributed by atoms with Crippen molar-refractivity contribution >= 4 is 17.3 Å². The number of carbonyl (C=O) groups excluding carboxylic acids is 1. The van der Waals surface area contributed by atoms with Crippen molar-refractivity contribution in [2.24, 2.45) is 5.92 Å². The Kier molecular flexibility index (Phi) is 5.51. The minimum absolute atomic E-state index is 0.141. The molecule has 0 saturated heterocycles. The van der Waals surface area contributed by atoms with Crippen LogP contribution in [-0.4, -0.2) is 18.4 Å². The molecule has 2 aliphatic rings. The number of carbonyl (C=O) groups is 1. The molecule has 4 rings (SSSR count). The van der Waals surface area contributed by atoms with Crippen LogP contribution in [0.5, 0.6) is 0 Å². The standard InChI is InChI=1S/C24H27F3N2O/c1-15-10-21-20(4-3-9-29(21)14-17-5-7-19(25)8-6-17)16(2)23(15)28-22(30)11-18-12-24(26,27)13-18/h5-8,10,18H,3-4,9,11-14H2,1-2H3,(H,28,30). The second-order valence-corrected chi connectivity index (χ2v) is 8.73. The Bertz CT molecular complexity index is 948. The first-order valence-electron chi connectivity index (χ1n) is 10.5. The summed E-state index contributed by atoms with van der Waals surface area (Å²) in [5.41, 5.74) is 6.21. The second-order valence-electron chi connectivity index (χ2n) is 8.73. The number of benzene rings is 2. The van der Waals surface area contributed by atoms with Crippen molar-refractivity contribution < 1.29 is 18.0 Å². The van der Waals surface area contributed by atoms with Crippen LogP contribution in [-0.2, 0) is 17.8 Å². The van der Waals surface area contributed by atoms with Gasteiger partial charge in [0.15, 0.2) is 0 Å². The van der Waals surface area contributed by atoms with Crippen molar-refractivity contribution in [2.45, 2.75) is 58.4 Å². The lowest BCUT2D eigenvalue weighted by Crippen LogP contribution is -2.37. The van der Waals surface area contributed by atoms with E-state index in [4.69, 9.17) is 0 Å². The molecule has 1 aliphatic carbocycles. The second kappa shape index (κ2) is 7.97. The van der Waals surface area contributed by atoms with E-state index in [1.165, 1.54) is 17.7 Å². The molecule has 0 atom stereocenters. The maximum absolute atomic E-state index is 13.2. The van der Waals surface area contributed by atoms with Gasteiger partial charge in [-0.05, 0) is 73.1 Å². The van der Waals surface area contributed by atoms with E-state index < -0.39 is 5.92 Å². The van der Waals surface area contributed by atoms with Crippen LogP contribution in [0.1, 0.15) is 47.9 Å². The molecule has 30 heavy (non-hydrogen) atoms. The lowest BCUT2D eigenvalue weighted by molar-refractivity contribution is -0.129. The molecule has 0 unspecified atom stereocenters. The fraction of sp³-hybridized carbons (Fsp3) is 0.458. The number of anilines is 2. The van der Waals surface area contributed by atoms with Crippen molar-refractivity contribution in [3.8, 4) is 0 Å². The molecule has 1 amide bonds. The molecule has 6 heteroatoms. The van der Waals surface area contributed by atoms with Crippen LogP contribution < -0.4 is 10.2 Å². The zero-order valence-electron chi connectivity index (χ0n) is 17.4. The molecule has 0 spiro atoms. The Morgan fingerprint density at radius 3 is 2.57 bits per heavy atom. The summed E-state index contributed by atoms with van der Waals surface area (Å²) in [6.45, 7) is 5.60. The molecule has 0 aromatic heterocycles. The Morgan fingerprint density at radius 2 is 1.90 bits per heavy atom. The predicted octanol–water partition coefficient (Wildman–Crippen LogP) is 5.77. The third kappa shape index (κ3) is 4.32. The lowest BCUT2D eigenvalue weighted by atomic mass is 9.79. The van der Waals surface area contributed by atoms with Gasteiger partial charge in [0, 0.05) is 43.7 Å². The molecular formula is C24H27F3N2O. The van der Waals surface area contributed by atoms with E-state index in [0.717, 1.165) is 47.5 Å². The summed E-state index contributed by atoms with van der Waals surface area (Å²) in [6, 6.07) is 8.67. The number of halogens is 3. The van der Waals surface area contributed by atoms with Crippen molar-refractivity contribution in [2.75, 3.05) is 16.8 Å². The molecule has 1 saturated carbocycles. The van der Waals surface area contributed by atoms with E-state index in [0.29, 0.717) is 6.54 Å². The quantitative estimate of drug-likeness (QED) is 0.671. The van der Waals surface area contributed by atoms with Crippen LogP contribution in [0.3, 0.4) is 0 Å². The van der Waals surface area contributed by atoms with E-state index in [-0.39, 0.29) is 36.9 Å². The van der Waals surface area contributed by atoms with Gasteiger partial charge in [0.1, 0.15) is 5.82 Å². The topological polar surface area (TPSA) is 32.3 Å². The van der Waals surface area contributed by atoms with E-state index in [1.54, 1.807) is 0 Å². The van der Waals surface area contributed by atoms with Crippen molar-refractivity contribution in [3.63, 3.8) is 0 Å². The van der Waals surface area contributed by atoms with E-state index in [1.807, 2.05) is 26.0 Å². The number of amides is 1. The average Bonchev–Trinajstić information content (AvgIpc) is 2.66. The highest BCUT2D eigenvalue weighted by Gasteiger charge is 2.45. The highest BCUT2D eigenvalue weighted by Crippen LogP contribution is 2.44. The fourth-order valence-electron chi connectivity index (χ4n) is 4.72. The molecular weight excluding hydrogens is 389 g/mol. The molecule has 1 fully saturated rings. The van der Waals surface area contributed by atoms with Gasteiger partial charge < -0.3 is 10.2 Å². The van der Waals surface area contributed by atoms with Crippen molar-refractivity contribution in [1.29, 1.82) is 0 Å². The lowest BCUT2D eigenvalue weighted by Gasteiger charge is -2.35. The van der Waals surface area contributed by atoms with Gasteiger partial charge in [-0.25, -0.2) is 13.2 Å². The summed E-state index contributed by atoms with van der Waals surface area (Å²) in [5, 5.41) is 2.98. The maximum atomic E-state index is 13.2. The Morgan fingerprint density at radius 1 is 1.20 bits per heavy atom. The van der Waals surface area contributed by atoms with E-state index >= 15 is 0 Å². The zero-order chi connectivity index (χ0) is 21.5. The molecule has 0 radical (unpaired) electrons. The molecule has 160 valence electrons. The molecule has 1 heterocycles. The Balaban J connectivity index is 1.51. The highest BCUT2D eigenvalue weighted by atomic mass is 19.3. The summed E-state index contributed by atoms with van der Waals surface area (Å²) < 4.78 is 39.3. The van der Waals surface area contributed by atoms with Crippen molar-refractivity contribution in [3.05, 3.63) is 58.4 Å². The van der Waals surface area contributed by atoms with Crippen LogP contribution in [0.4, 0.5) is 24.5 Å². The number of hydrogen-bond acceptors (Lipinski definition) is 2. The molecule has 1 aliphatic heterocycles. The van der Waals surface area contributed by atoms with Gasteiger partial charge in [0.05, 0.1) is 0 Å². The summed E-state index contributed by atoms with van der Waals surface area (Å²) in [5.74, 6) is -3.27. The monoisotopic (exact) mass is 416 g/mol. The predicted molar refractivity (Wildman–Crippen MR) is 113 cm³/mol. The summed E-state index contributed by atoms with van der Waals surface area (Å²) in [4.78, 5) is 14.7. The van der Waals surface area contributed by atoms with Gasteiger partial charge in [0.2, 0.25) is 11.8 Å². The Labute approximate surface area is 175 Å². The first-order chi connectivity index (χ1) is 14.2. The largest absolute Gasteiger partial charge is 0.367 e. The number of aryl methyl sites for hydroxylation is 1. The van der Waals surface area contributed by atoms with Gasteiger partial charge >= 0.3 is 0 Å². The highest BCUT2D eigenvalue weighted by molar-refractivity contribution is 5.93. The number of hydrogen-bond donors (Lipinski definition) is 1. The summed E-state index contributed by atoms with van der Waals surface area (Å²) in [7, 11) is 0. The number of nitrogens with zero attached hydrogens (tertiary/aromatic N) is 1. The summed E-state index contributed by atoms with van der Waals surface area (Å²) in [6.07, 6.45) is 1.69. The number of nitrogens with one attached hydrogen (secondary N) is 1. The molecule has 2 aromatic carbocycles. The first kappa shape index (κ1) is 20.8. The third-order valence-corrected chi connectivity index (χ3v) is 6.28. The van der Waals surface area contributed by atoms with E-state index in [9.17, 15) is 18.0 Å². The smallest absolute Gasteiger partial charge is 0.248 e. The fourth-order valence-corrected chi connectivity index (χ4v) is 4.72. The zero-order valence-corrected chi connectivity index (χ0v) is 17.4.